The molecular weight excluding hydrogens is 254 g/mol. The van der Waals surface area contributed by atoms with E-state index < -0.39 is 0 Å². The summed E-state index contributed by atoms with van der Waals surface area (Å²) in [4.78, 5) is 0. The predicted octanol–water partition coefficient (Wildman–Crippen LogP) is 5.89. The predicted molar refractivity (Wildman–Crippen MR) is 92.8 cm³/mol. The first-order valence-corrected chi connectivity index (χ1v) is 7.74. The molecule has 1 atom stereocenters. The van der Waals surface area contributed by atoms with Crippen molar-refractivity contribution in [2.24, 2.45) is 5.41 Å². The van der Waals surface area contributed by atoms with Gasteiger partial charge in [0.15, 0.2) is 0 Å². The van der Waals surface area contributed by atoms with Crippen molar-refractivity contribution in [3.05, 3.63) is 65.2 Å². The summed E-state index contributed by atoms with van der Waals surface area (Å²) in [7, 11) is 0. The monoisotopic (exact) mass is 281 g/mol. The number of hydrogen-bond acceptors (Lipinski definition) is 1. The van der Waals surface area contributed by atoms with Crippen molar-refractivity contribution in [1.29, 1.82) is 0 Å². The largest absolute Gasteiger partial charge is 0.378 e. The van der Waals surface area contributed by atoms with Gasteiger partial charge in [0, 0.05) is 5.69 Å². The highest BCUT2D eigenvalue weighted by molar-refractivity contribution is 5.49. The van der Waals surface area contributed by atoms with Crippen LogP contribution in [0.1, 0.15) is 49.9 Å². The third-order valence-corrected chi connectivity index (χ3v) is 3.87. The molecule has 0 aliphatic carbocycles. The van der Waals surface area contributed by atoms with Gasteiger partial charge in [-0.1, -0.05) is 57.2 Å². The molecular formula is C20H27N. The van der Waals surface area contributed by atoms with Crippen molar-refractivity contribution in [3.8, 4) is 0 Å². The molecule has 0 radical (unpaired) electrons. The minimum atomic E-state index is 0.285. The van der Waals surface area contributed by atoms with E-state index in [0.717, 1.165) is 6.42 Å². The third kappa shape index (κ3) is 4.63. The second kappa shape index (κ2) is 6.34. The molecule has 112 valence electrons. The fourth-order valence-corrected chi connectivity index (χ4v) is 2.58. The summed E-state index contributed by atoms with van der Waals surface area (Å²) in [6.07, 6.45) is 1.10. The molecule has 2 rings (SSSR count). The average Bonchev–Trinajstić information content (AvgIpc) is 2.42. The quantitative estimate of drug-likeness (QED) is 0.736. The van der Waals surface area contributed by atoms with Crippen LogP contribution in [0.15, 0.2) is 48.5 Å². The fourth-order valence-electron chi connectivity index (χ4n) is 2.58. The Morgan fingerprint density at radius 2 is 1.57 bits per heavy atom. The van der Waals surface area contributed by atoms with Crippen molar-refractivity contribution in [1.82, 2.24) is 0 Å². The van der Waals surface area contributed by atoms with E-state index in [2.05, 4.69) is 88.5 Å². The molecule has 0 aromatic heterocycles. The molecule has 0 aliphatic heterocycles. The summed E-state index contributed by atoms with van der Waals surface area (Å²) in [6, 6.07) is 17.7. The van der Waals surface area contributed by atoms with E-state index in [1.807, 2.05) is 0 Å². The van der Waals surface area contributed by atoms with Crippen LogP contribution in [0.2, 0.25) is 0 Å². The summed E-state index contributed by atoms with van der Waals surface area (Å²) in [6.45, 7) is 11.2. The van der Waals surface area contributed by atoms with Crippen molar-refractivity contribution in [2.45, 2.75) is 47.1 Å². The summed E-state index contributed by atoms with van der Waals surface area (Å²) in [5.74, 6) is 0. The van der Waals surface area contributed by atoms with Gasteiger partial charge in [0.05, 0.1) is 6.04 Å². The molecule has 0 saturated heterocycles. The minimum Gasteiger partial charge on any atom is -0.378 e. The fraction of sp³-hybridized carbons (Fsp3) is 0.400. The van der Waals surface area contributed by atoms with Crippen LogP contribution in [0, 0.1) is 19.3 Å². The van der Waals surface area contributed by atoms with E-state index >= 15 is 0 Å². The van der Waals surface area contributed by atoms with E-state index in [1.165, 1.54) is 22.4 Å². The Bertz CT molecular complexity index is 579. The highest BCUT2D eigenvalue weighted by Gasteiger charge is 2.20. The molecule has 0 heterocycles. The maximum atomic E-state index is 3.72. The summed E-state index contributed by atoms with van der Waals surface area (Å²) >= 11 is 0. The molecule has 0 fully saturated rings. The van der Waals surface area contributed by atoms with E-state index in [4.69, 9.17) is 0 Å². The Kier molecular flexibility index (Phi) is 4.72. The topological polar surface area (TPSA) is 12.0 Å². The Balaban J connectivity index is 2.25. The van der Waals surface area contributed by atoms with Gasteiger partial charge in [-0.05, 0) is 54.5 Å². The van der Waals surface area contributed by atoms with Crippen molar-refractivity contribution >= 4 is 5.69 Å². The summed E-state index contributed by atoms with van der Waals surface area (Å²) in [5, 5.41) is 3.72. The van der Waals surface area contributed by atoms with Crippen molar-refractivity contribution in [3.63, 3.8) is 0 Å². The van der Waals surface area contributed by atoms with Gasteiger partial charge in [0.1, 0.15) is 0 Å². The van der Waals surface area contributed by atoms with Crippen LogP contribution in [0.4, 0.5) is 5.69 Å². The lowest BCUT2D eigenvalue weighted by Crippen LogP contribution is -2.18. The van der Waals surface area contributed by atoms with E-state index in [0.29, 0.717) is 6.04 Å². The summed E-state index contributed by atoms with van der Waals surface area (Å²) < 4.78 is 0. The minimum absolute atomic E-state index is 0.285. The molecule has 0 amide bonds. The smallest absolute Gasteiger partial charge is 0.0518 e. The average molecular weight is 281 g/mol. The second-order valence-electron chi connectivity index (χ2n) is 7.17. The maximum absolute atomic E-state index is 3.72. The number of aryl methyl sites for hydroxylation is 2. The van der Waals surface area contributed by atoms with Gasteiger partial charge < -0.3 is 5.32 Å². The van der Waals surface area contributed by atoms with E-state index in [1.54, 1.807) is 0 Å². The van der Waals surface area contributed by atoms with Crippen molar-refractivity contribution in [2.75, 3.05) is 5.32 Å². The lowest BCUT2D eigenvalue weighted by atomic mass is 9.85. The van der Waals surface area contributed by atoms with Gasteiger partial charge in [-0.25, -0.2) is 0 Å². The van der Waals surface area contributed by atoms with E-state index in [-0.39, 0.29) is 5.41 Å². The van der Waals surface area contributed by atoms with Gasteiger partial charge in [-0.2, -0.15) is 0 Å². The molecule has 21 heavy (non-hydrogen) atoms. The van der Waals surface area contributed by atoms with Crippen LogP contribution >= 0.6 is 0 Å². The van der Waals surface area contributed by atoms with E-state index in [9.17, 15) is 0 Å². The molecule has 0 aliphatic rings. The Hall–Kier alpha value is -1.76. The zero-order chi connectivity index (χ0) is 15.5. The normalized spacial score (nSPS) is 13.0. The second-order valence-corrected chi connectivity index (χ2v) is 7.17. The SMILES string of the molecule is Cc1ccc(NC(CC(C)(C)C)c2ccccc2)cc1C. The van der Waals surface area contributed by atoms with Gasteiger partial charge in [-0.3, -0.25) is 0 Å². The molecule has 1 N–H and O–H groups in total. The molecule has 1 unspecified atom stereocenters. The molecule has 0 spiro atoms. The van der Waals surface area contributed by atoms with Crippen LogP contribution in [0.5, 0.6) is 0 Å². The molecule has 0 bridgehead atoms. The summed E-state index contributed by atoms with van der Waals surface area (Å²) in [5.41, 5.74) is 5.52. The highest BCUT2D eigenvalue weighted by atomic mass is 14.9. The number of benzene rings is 2. The van der Waals surface area contributed by atoms with Crippen LogP contribution in [0.25, 0.3) is 0 Å². The number of anilines is 1. The first kappa shape index (κ1) is 15.6. The maximum Gasteiger partial charge on any atom is 0.0518 e. The van der Waals surface area contributed by atoms with Crippen LogP contribution in [0.3, 0.4) is 0 Å². The van der Waals surface area contributed by atoms with Crippen LogP contribution in [-0.2, 0) is 0 Å². The highest BCUT2D eigenvalue weighted by Crippen LogP contribution is 2.32. The van der Waals surface area contributed by atoms with Gasteiger partial charge in [0.25, 0.3) is 0 Å². The molecule has 2 aromatic rings. The van der Waals surface area contributed by atoms with Gasteiger partial charge in [-0.15, -0.1) is 0 Å². The lowest BCUT2D eigenvalue weighted by molar-refractivity contribution is 0.352. The van der Waals surface area contributed by atoms with Gasteiger partial charge in [0.2, 0.25) is 0 Å². The Labute approximate surface area is 129 Å². The Morgan fingerprint density at radius 1 is 0.905 bits per heavy atom. The first-order valence-electron chi connectivity index (χ1n) is 7.74. The third-order valence-electron chi connectivity index (χ3n) is 3.87. The van der Waals surface area contributed by atoms with Gasteiger partial charge >= 0.3 is 0 Å². The first-order chi connectivity index (χ1) is 9.85. The lowest BCUT2D eigenvalue weighted by Gasteiger charge is -2.28. The molecule has 2 aromatic carbocycles. The molecule has 0 saturated carbocycles. The molecule has 1 nitrogen and oxygen atoms in total. The zero-order valence-corrected chi connectivity index (χ0v) is 13.9. The standard InChI is InChI=1S/C20H27N/c1-15-11-12-18(13-16(15)2)21-19(14-20(3,4)5)17-9-7-6-8-10-17/h6-13,19,21H,14H2,1-5H3. The van der Waals surface area contributed by atoms with Crippen LogP contribution in [-0.4, -0.2) is 0 Å². The number of nitrogens with one attached hydrogen (secondary N) is 1. The zero-order valence-electron chi connectivity index (χ0n) is 13.9. The van der Waals surface area contributed by atoms with Crippen LogP contribution < -0.4 is 5.32 Å². The number of hydrogen-bond donors (Lipinski definition) is 1. The molecule has 1 heteroatoms. The Morgan fingerprint density at radius 3 is 2.14 bits per heavy atom. The van der Waals surface area contributed by atoms with Crippen molar-refractivity contribution < 1.29 is 0 Å². The number of rotatable bonds is 4.